The lowest BCUT2D eigenvalue weighted by atomic mass is 10.2. The Kier molecular flexibility index (Phi) is 6.77. The standard InChI is InChI=1S/C18H19ClFN3O2/c1-2-3-17(24)22-13-6-4-12(5-7-13)21-11-18(25)23-14-8-9-16(20)15(19)10-14/h4-10,21H,2-3,11H2,1H3,(H,22,24)(H,23,25). The molecule has 0 bridgehead atoms. The van der Waals surface area contributed by atoms with E-state index in [4.69, 9.17) is 11.6 Å². The van der Waals surface area contributed by atoms with Gasteiger partial charge in [0, 0.05) is 23.5 Å². The number of nitrogens with one attached hydrogen (secondary N) is 3. The highest BCUT2D eigenvalue weighted by Crippen LogP contribution is 2.19. The summed E-state index contributed by atoms with van der Waals surface area (Å²) < 4.78 is 13.1. The molecule has 2 aromatic carbocycles. The normalized spacial score (nSPS) is 10.2. The molecule has 0 saturated heterocycles. The molecular weight excluding hydrogens is 345 g/mol. The Morgan fingerprint density at radius 1 is 0.960 bits per heavy atom. The zero-order valence-corrected chi connectivity index (χ0v) is 14.5. The summed E-state index contributed by atoms with van der Waals surface area (Å²) in [4.78, 5) is 23.4. The van der Waals surface area contributed by atoms with Crippen LogP contribution < -0.4 is 16.0 Å². The molecule has 0 radical (unpaired) electrons. The number of carbonyl (C=O) groups is 2. The summed E-state index contributed by atoms with van der Waals surface area (Å²) in [6, 6.07) is 11.0. The third-order valence-electron chi connectivity index (χ3n) is 3.30. The Hall–Kier alpha value is -2.60. The molecule has 3 N–H and O–H groups in total. The van der Waals surface area contributed by atoms with Crippen molar-refractivity contribution in [3.8, 4) is 0 Å². The zero-order chi connectivity index (χ0) is 18.2. The molecule has 0 aromatic heterocycles. The van der Waals surface area contributed by atoms with Crippen molar-refractivity contribution in [2.24, 2.45) is 0 Å². The van der Waals surface area contributed by atoms with Gasteiger partial charge < -0.3 is 16.0 Å². The molecule has 5 nitrogen and oxygen atoms in total. The van der Waals surface area contributed by atoms with Gasteiger partial charge in [-0.1, -0.05) is 18.5 Å². The predicted octanol–water partition coefficient (Wildman–Crippen LogP) is 4.27. The van der Waals surface area contributed by atoms with E-state index in [0.29, 0.717) is 17.8 Å². The molecule has 2 aromatic rings. The van der Waals surface area contributed by atoms with Crippen LogP contribution in [0.4, 0.5) is 21.5 Å². The molecule has 0 unspecified atom stereocenters. The molecule has 0 aliphatic rings. The van der Waals surface area contributed by atoms with Crippen LogP contribution in [0, 0.1) is 5.82 Å². The summed E-state index contributed by atoms with van der Waals surface area (Å²) in [7, 11) is 0. The molecule has 7 heteroatoms. The van der Waals surface area contributed by atoms with Crippen LogP contribution in [0.5, 0.6) is 0 Å². The van der Waals surface area contributed by atoms with Gasteiger partial charge in [-0.2, -0.15) is 0 Å². The Bertz CT molecular complexity index is 750. The van der Waals surface area contributed by atoms with Crippen LogP contribution in [0.25, 0.3) is 0 Å². The minimum atomic E-state index is -0.538. The van der Waals surface area contributed by atoms with Gasteiger partial charge in [0.2, 0.25) is 11.8 Å². The Morgan fingerprint density at radius 2 is 1.56 bits per heavy atom. The molecule has 0 saturated carbocycles. The Balaban J connectivity index is 1.83. The van der Waals surface area contributed by atoms with Crippen molar-refractivity contribution in [3.63, 3.8) is 0 Å². The van der Waals surface area contributed by atoms with Gasteiger partial charge in [-0.3, -0.25) is 9.59 Å². The van der Waals surface area contributed by atoms with E-state index in [0.717, 1.165) is 12.1 Å². The van der Waals surface area contributed by atoms with Crippen molar-refractivity contribution in [2.45, 2.75) is 19.8 Å². The van der Waals surface area contributed by atoms with Gasteiger partial charge in [0.05, 0.1) is 11.6 Å². The molecule has 0 aliphatic heterocycles. The first kappa shape index (κ1) is 18.7. The third-order valence-corrected chi connectivity index (χ3v) is 3.59. The second-order valence-electron chi connectivity index (χ2n) is 5.41. The quantitative estimate of drug-likeness (QED) is 0.688. The van der Waals surface area contributed by atoms with Crippen molar-refractivity contribution >= 4 is 40.5 Å². The SMILES string of the molecule is CCCC(=O)Nc1ccc(NCC(=O)Nc2ccc(F)c(Cl)c2)cc1. The molecule has 0 fully saturated rings. The molecule has 0 atom stereocenters. The number of halogens is 2. The molecule has 0 spiro atoms. The van der Waals surface area contributed by atoms with E-state index in [1.807, 2.05) is 6.92 Å². The fourth-order valence-electron chi connectivity index (χ4n) is 2.08. The molecule has 2 amide bonds. The number of benzene rings is 2. The van der Waals surface area contributed by atoms with Crippen LogP contribution in [0.3, 0.4) is 0 Å². The topological polar surface area (TPSA) is 70.2 Å². The van der Waals surface area contributed by atoms with E-state index in [-0.39, 0.29) is 23.4 Å². The summed E-state index contributed by atoms with van der Waals surface area (Å²) in [6.07, 6.45) is 1.27. The highest BCUT2D eigenvalue weighted by atomic mass is 35.5. The minimum absolute atomic E-state index is 0.0273. The first-order valence-corrected chi connectivity index (χ1v) is 8.24. The van der Waals surface area contributed by atoms with Gasteiger partial charge >= 0.3 is 0 Å². The van der Waals surface area contributed by atoms with E-state index in [2.05, 4.69) is 16.0 Å². The van der Waals surface area contributed by atoms with Crippen LogP contribution in [0.2, 0.25) is 5.02 Å². The molecule has 25 heavy (non-hydrogen) atoms. The first-order chi connectivity index (χ1) is 12.0. The Labute approximate surface area is 150 Å². The van der Waals surface area contributed by atoms with E-state index in [1.165, 1.54) is 18.2 Å². The number of rotatable bonds is 7. The van der Waals surface area contributed by atoms with Crippen LogP contribution in [-0.4, -0.2) is 18.4 Å². The molecular formula is C18H19ClFN3O2. The van der Waals surface area contributed by atoms with Gasteiger partial charge in [0.25, 0.3) is 0 Å². The van der Waals surface area contributed by atoms with Gasteiger partial charge in [0.1, 0.15) is 5.82 Å². The van der Waals surface area contributed by atoms with Crippen molar-refractivity contribution in [1.29, 1.82) is 0 Å². The monoisotopic (exact) mass is 363 g/mol. The van der Waals surface area contributed by atoms with Gasteiger partial charge in [-0.05, 0) is 48.9 Å². The zero-order valence-electron chi connectivity index (χ0n) is 13.7. The van der Waals surface area contributed by atoms with Crippen LogP contribution in [0.1, 0.15) is 19.8 Å². The summed E-state index contributed by atoms with van der Waals surface area (Å²) in [5.41, 5.74) is 1.86. The average molecular weight is 364 g/mol. The lowest BCUT2D eigenvalue weighted by molar-refractivity contribution is -0.116. The maximum absolute atomic E-state index is 13.1. The second-order valence-corrected chi connectivity index (χ2v) is 5.81. The van der Waals surface area contributed by atoms with E-state index in [9.17, 15) is 14.0 Å². The van der Waals surface area contributed by atoms with Crippen LogP contribution >= 0.6 is 11.6 Å². The molecule has 132 valence electrons. The van der Waals surface area contributed by atoms with E-state index < -0.39 is 5.82 Å². The number of hydrogen-bond donors (Lipinski definition) is 3. The fourth-order valence-corrected chi connectivity index (χ4v) is 2.26. The van der Waals surface area contributed by atoms with Gasteiger partial charge in [-0.25, -0.2) is 4.39 Å². The lowest BCUT2D eigenvalue weighted by Gasteiger charge is -2.09. The summed E-state index contributed by atoms with van der Waals surface area (Å²) in [5, 5.41) is 8.33. The van der Waals surface area contributed by atoms with Crippen molar-refractivity contribution in [1.82, 2.24) is 0 Å². The predicted molar refractivity (Wildman–Crippen MR) is 98.5 cm³/mol. The average Bonchev–Trinajstić information content (AvgIpc) is 2.58. The molecule has 2 rings (SSSR count). The van der Waals surface area contributed by atoms with E-state index in [1.54, 1.807) is 24.3 Å². The number of amides is 2. The minimum Gasteiger partial charge on any atom is -0.376 e. The van der Waals surface area contributed by atoms with Crippen molar-refractivity contribution < 1.29 is 14.0 Å². The summed E-state index contributed by atoms with van der Waals surface area (Å²) in [6.45, 7) is 1.98. The van der Waals surface area contributed by atoms with E-state index >= 15 is 0 Å². The summed E-state index contributed by atoms with van der Waals surface area (Å²) >= 11 is 5.67. The lowest BCUT2D eigenvalue weighted by Crippen LogP contribution is -2.21. The summed E-state index contributed by atoms with van der Waals surface area (Å²) in [5.74, 6) is -0.854. The second kappa shape index (κ2) is 9.03. The maximum Gasteiger partial charge on any atom is 0.243 e. The van der Waals surface area contributed by atoms with Crippen molar-refractivity contribution in [3.05, 3.63) is 53.3 Å². The number of hydrogen-bond acceptors (Lipinski definition) is 3. The fraction of sp³-hybridized carbons (Fsp3) is 0.222. The van der Waals surface area contributed by atoms with Crippen molar-refractivity contribution in [2.75, 3.05) is 22.5 Å². The molecule has 0 aliphatic carbocycles. The highest BCUT2D eigenvalue weighted by Gasteiger charge is 2.06. The van der Waals surface area contributed by atoms with Crippen LogP contribution in [-0.2, 0) is 9.59 Å². The Morgan fingerprint density at radius 3 is 2.20 bits per heavy atom. The maximum atomic E-state index is 13.1. The number of anilines is 3. The largest absolute Gasteiger partial charge is 0.376 e. The first-order valence-electron chi connectivity index (χ1n) is 7.86. The third kappa shape index (κ3) is 6.08. The van der Waals surface area contributed by atoms with Gasteiger partial charge in [-0.15, -0.1) is 0 Å². The van der Waals surface area contributed by atoms with Gasteiger partial charge in [0.15, 0.2) is 0 Å². The molecule has 0 heterocycles. The van der Waals surface area contributed by atoms with Crippen LogP contribution in [0.15, 0.2) is 42.5 Å². The highest BCUT2D eigenvalue weighted by molar-refractivity contribution is 6.31. The smallest absolute Gasteiger partial charge is 0.243 e. The number of carbonyl (C=O) groups excluding carboxylic acids is 2.